The zero-order chi connectivity index (χ0) is 12.9. The summed E-state index contributed by atoms with van der Waals surface area (Å²) in [6.07, 6.45) is 1.48. The molecule has 92 valence electrons. The Morgan fingerprint density at radius 2 is 1.78 bits per heavy atom. The molecule has 0 unspecified atom stereocenters. The van der Waals surface area contributed by atoms with Gasteiger partial charge in [-0.1, -0.05) is 24.3 Å². The molecule has 0 fully saturated rings. The summed E-state index contributed by atoms with van der Waals surface area (Å²) in [5.41, 5.74) is 3.32. The van der Waals surface area contributed by atoms with E-state index in [1.807, 2.05) is 24.3 Å². The van der Waals surface area contributed by atoms with Crippen molar-refractivity contribution in [3.8, 4) is 0 Å². The quantitative estimate of drug-likeness (QED) is 0.695. The lowest BCUT2D eigenvalue weighted by atomic mass is 9.87. The van der Waals surface area contributed by atoms with Crippen LogP contribution < -0.4 is 0 Å². The Bertz CT molecular complexity index is 587. The minimum atomic E-state index is -0.202. The number of hydrazine groups is 1. The highest BCUT2D eigenvalue weighted by atomic mass is 16.2. The van der Waals surface area contributed by atoms with Crippen molar-refractivity contribution < 1.29 is 9.59 Å². The van der Waals surface area contributed by atoms with Gasteiger partial charge in [0.2, 0.25) is 0 Å². The summed E-state index contributed by atoms with van der Waals surface area (Å²) in [6, 6.07) is 7.82. The number of fused-ring (bicyclic) bond motifs is 2. The first kappa shape index (κ1) is 11.2. The van der Waals surface area contributed by atoms with Crippen LogP contribution in [0.2, 0.25) is 0 Å². The second kappa shape index (κ2) is 3.78. The van der Waals surface area contributed by atoms with Gasteiger partial charge in [0.05, 0.1) is 5.57 Å². The molecule has 0 saturated carbocycles. The Morgan fingerprint density at radius 1 is 1.06 bits per heavy atom. The minimum Gasteiger partial charge on any atom is -0.267 e. The molecule has 0 radical (unpaired) electrons. The van der Waals surface area contributed by atoms with Crippen molar-refractivity contribution in [3.63, 3.8) is 0 Å². The van der Waals surface area contributed by atoms with Gasteiger partial charge in [0.15, 0.2) is 0 Å². The van der Waals surface area contributed by atoms with Gasteiger partial charge in [-0.3, -0.25) is 9.59 Å². The van der Waals surface area contributed by atoms with E-state index in [1.54, 1.807) is 19.1 Å². The van der Waals surface area contributed by atoms with Crippen molar-refractivity contribution in [2.24, 2.45) is 0 Å². The molecule has 1 aromatic carbocycles. The molecule has 1 heterocycles. The van der Waals surface area contributed by atoms with Crippen LogP contribution in [0.5, 0.6) is 0 Å². The van der Waals surface area contributed by atoms with Gasteiger partial charge in [-0.25, -0.2) is 10.0 Å². The molecule has 0 saturated heterocycles. The molecular formula is C14H14N2O2. The molecule has 4 nitrogen and oxygen atoms in total. The topological polar surface area (TPSA) is 40.6 Å². The molecule has 2 amide bonds. The lowest BCUT2D eigenvalue weighted by Gasteiger charge is -2.21. The standard InChI is InChI=1S/C14H14N2O2/c1-15(2)16-13(17)11-8-7-9-5-3-4-6-10(9)12(11)14(16)18/h3-6H,7-8H2,1-2H3. The van der Waals surface area contributed by atoms with Crippen LogP contribution in [0.15, 0.2) is 29.8 Å². The SMILES string of the molecule is CN(C)N1C(=O)C2=C(C1=O)c1ccccc1CC2. The fraction of sp³-hybridized carbons (Fsp3) is 0.286. The second-order valence-corrected chi connectivity index (χ2v) is 4.78. The lowest BCUT2D eigenvalue weighted by Crippen LogP contribution is -2.42. The van der Waals surface area contributed by atoms with Crippen molar-refractivity contribution in [2.45, 2.75) is 12.8 Å². The Morgan fingerprint density at radius 3 is 2.50 bits per heavy atom. The van der Waals surface area contributed by atoms with Gasteiger partial charge in [0.1, 0.15) is 0 Å². The minimum absolute atomic E-state index is 0.172. The monoisotopic (exact) mass is 242 g/mol. The van der Waals surface area contributed by atoms with Crippen molar-refractivity contribution in [2.75, 3.05) is 14.1 Å². The number of amides is 2. The van der Waals surface area contributed by atoms with Gasteiger partial charge in [0, 0.05) is 19.7 Å². The van der Waals surface area contributed by atoms with Crippen LogP contribution in [-0.4, -0.2) is 35.9 Å². The summed E-state index contributed by atoms with van der Waals surface area (Å²) in [5, 5.41) is 2.76. The predicted molar refractivity (Wildman–Crippen MR) is 67.2 cm³/mol. The number of nitrogens with zero attached hydrogens (tertiary/aromatic N) is 2. The molecule has 2 aliphatic rings. The van der Waals surface area contributed by atoms with Crippen molar-refractivity contribution in [1.82, 2.24) is 10.0 Å². The first-order valence-corrected chi connectivity index (χ1v) is 5.98. The second-order valence-electron chi connectivity index (χ2n) is 4.78. The Labute approximate surface area is 105 Å². The predicted octanol–water partition coefficient (Wildman–Crippen LogP) is 1.23. The molecular weight excluding hydrogens is 228 g/mol. The van der Waals surface area contributed by atoms with Crippen LogP contribution in [0.1, 0.15) is 17.5 Å². The first-order chi connectivity index (χ1) is 8.61. The first-order valence-electron chi connectivity index (χ1n) is 5.98. The maximum Gasteiger partial charge on any atom is 0.276 e. The molecule has 18 heavy (non-hydrogen) atoms. The van der Waals surface area contributed by atoms with Crippen LogP contribution >= 0.6 is 0 Å². The van der Waals surface area contributed by atoms with Crippen molar-refractivity contribution in [1.29, 1.82) is 0 Å². The molecule has 0 spiro atoms. The van der Waals surface area contributed by atoms with E-state index in [1.165, 1.54) is 5.01 Å². The number of carbonyl (C=O) groups is 2. The van der Waals surface area contributed by atoms with E-state index >= 15 is 0 Å². The summed E-state index contributed by atoms with van der Waals surface area (Å²) in [5.74, 6) is -0.373. The average molecular weight is 242 g/mol. The van der Waals surface area contributed by atoms with E-state index in [0.717, 1.165) is 17.5 Å². The number of imide groups is 1. The molecule has 0 N–H and O–H groups in total. The number of benzene rings is 1. The smallest absolute Gasteiger partial charge is 0.267 e. The van der Waals surface area contributed by atoms with Gasteiger partial charge in [-0.15, -0.1) is 0 Å². The molecule has 1 aromatic rings. The molecule has 1 aliphatic carbocycles. The van der Waals surface area contributed by atoms with Gasteiger partial charge in [0.25, 0.3) is 11.8 Å². The molecule has 3 rings (SSSR count). The van der Waals surface area contributed by atoms with Crippen molar-refractivity contribution >= 4 is 17.4 Å². The van der Waals surface area contributed by atoms with Crippen LogP contribution in [0.25, 0.3) is 5.57 Å². The zero-order valence-electron chi connectivity index (χ0n) is 10.4. The number of hydrogen-bond acceptors (Lipinski definition) is 3. The molecule has 4 heteroatoms. The number of rotatable bonds is 1. The van der Waals surface area contributed by atoms with Gasteiger partial charge in [-0.2, -0.15) is 0 Å². The highest BCUT2D eigenvalue weighted by Gasteiger charge is 2.42. The fourth-order valence-corrected chi connectivity index (χ4v) is 2.68. The van der Waals surface area contributed by atoms with Crippen LogP contribution in [0.3, 0.4) is 0 Å². The Kier molecular flexibility index (Phi) is 2.35. The summed E-state index contributed by atoms with van der Waals surface area (Å²) in [4.78, 5) is 24.6. The number of hydrogen-bond donors (Lipinski definition) is 0. The summed E-state index contributed by atoms with van der Waals surface area (Å²) in [7, 11) is 3.42. The maximum absolute atomic E-state index is 12.4. The van der Waals surface area contributed by atoms with Gasteiger partial charge < -0.3 is 0 Å². The van der Waals surface area contributed by atoms with Crippen LogP contribution in [-0.2, 0) is 16.0 Å². The zero-order valence-corrected chi connectivity index (χ0v) is 10.4. The normalized spacial score (nSPS) is 18.5. The summed E-state index contributed by atoms with van der Waals surface area (Å²) < 4.78 is 0. The number of carbonyl (C=O) groups excluding carboxylic acids is 2. The molecule has 0 bridgehead atoms. The van der Waals surface area contributed by atoms with Gasteiger partial charge in [-0.05, 0) is 24.0 Å². The Hall–Kier alpha value is -1.94. The van der Waals surface area contributed by atoms with E-state index in [0.29, 0.717) is 17.6 Å². The van der Waals surface area contributed by atoms with E-state index in [9.17, 15) is 9.59 Å². The van der Waals surface area contributed by atoms with E-state index in [-0.39, 0.29) is 11.8 Å². The van der Waals surface area contributed by atoms with Crippen LogP contribution in [0.4, 0.5) is 0 Å². The largest absolute Gasteiger partial charge is 0.276 e. The third-order valence-electron chi connectivity index (χ3n) is 3.49. The van der Waals surface area contributed by atoms with Crippen molar-refractivity contribution in [3.05, 3.63) is 41.0 Å². The highest BCUT2D eigenvalue weighted by molar-refractivity contribution is 6.36. The summed E-state index contributed by atoms with van der Waals surface area (Å²) >= 11 is 0. The maximum atomic E-state index is 12.4. The fourth-order valence-electron chi connectivity index (χ4n) is 2.68. The molecule has 0 aromatic heterocycles. The van der Waals surface area contributed by atoms with E-state index in [2.05, 4.69) is 0 Å². The lowest BCUT2D eigenvalue weighted by molar-refractivity contribution is -0.151. The van der Waals surface area contributed by atoms with E-state index in [4.69, 9.17) is 0 Å². The highest BCUT2D eigenvalue weighted by Crippen LogP contribution is 2.37. The van der Waals surface area contributed by atoms with Crippen LogP contribution in [0, 0.1) is 0 Å². The average Bonchev–Trinajstić information content (AvgIpc) is 2.62. The molecule has 0 atom stereocenters. The number of aryl methyl sites for hydroxylation is 1. The van der Waals surface area contributed by atoms with E-state index < -0.39 is 0 Å². The third kappa shape index (κ3) is 1.36. The Balaban J connectivity index is 2.16. The molecule has 1 aliphatic heterocycles. The summed E-state index contributed by atoms with van der Waals surface area (Å²) in [6.45, 7) is 0. The van der Waals surface area contributed by atoms with Gasteiger partial charge >= 0.3 is 0 Å². The third-order valence-corrected chi connectivity index (χ3v) is 3.49.